The number of benzene rings is 2. The minimum Gasteiger partial charge on any atom is -0.504 e. The molecule has 0 heterocycles. The maximum absolute atomic E-state index is 12.1. The first-order chi connectivity index (χ1) is 10.6. The first-order valence-electron chi connectivity index (χ1n) is 7.39. The molecule has 2 rings (SSSR count). The van der Waals surface area contributed by atoms with E-state index in [2.05, 4.69) is 17.4 Å². The zero-order chi connectivity index (χ0) is 15.9. The molecule has 0 spiro atoms. The summed E-state index contributed by atoms with van der Waals surface area (Å²) in [6.07, 6.45) is 1.93. The molecule has 5 heteroatoms. The molecule has 0 amide bonds. The van der Waals surface area contributed by atoms with Crippen LogP contribution in [0.15, 0.2) is 42.5 Å². The summed E-state index contributed by atoms with van der Waals surface area (Å²) in [5.41, 5.74) is 2.14. The van der Waals surface area contributed by atoms with Crippen LogP contribution in [-0.4, -0.2) is 29.1 Å². The van der Waals surface area contributed by atoms with E-state index in [1.54, 1.807) is 13.0 Å². The first kappa shape index (κ1) is 19.2. The monoisotopic (exact) mass is 379 g/mol. The molecular formula is C18H22BrNO3. The molecule has 0 aliphatic rings. The third kappa shape index (κ3) is 5.37. The summed E-state index contributed by atoms with van der Waals surface area (Å²) in [5, 5.41) is 22.2. The first-order valence-corrected chi connectivity index (χ1v) is 7.39. The largest absolute Gasteiger partial charge is 0.504 e. The molecule has 0 radical (unpaired) electrons. The van der Waals surface area contributed by atoms with Gasteiger partial charge in [0.15, 0.2) is 17.3 Å². The van der Waals surface area contributed by atoms with Gasteiger partial charge in [0, 0.05) is 11.1 Å². The van der Waals surface area contributed by atoms with Crippen molar-refractivity contribution in [1.29, 1.82) is 0 Å². The number of hydrogen-bond acceptors (Lipinski definition) is 4. The van der Waals surface area contributed by atoms with Gasteiger partial charge in [-0.25, -0.2) is 0 Å². The molecule has 0 aliphatic heterocycles. The second kappa shape index (κ2) is 9.33. The van der Waals surface area contributed by atoms with Crippen LogP contribution in [0.5, 0.6) is 11.5 Å². The van der Waals surface area contributed by atoms with E-state index in [4.69, 9.17) is 0 Å². The van der Waals surface area contributed by atoms with Crippen molar-refractivity contribution in [3.63, 3.8) is 0 Å². The van der Waals surface area contributed by atoms with E-state index in [0.29, 0.717) is 11.1 Å². The van der Waals surface area contributed by atoms with Crippen LogP contribution in [0.4, 0.5) is 0 Å². The van der Waals surface area contributed by atoms with Gasteiger partial charge in [-0.1, -0.05) is 30.3 Å². The smallest absolute Gasteiger partial charge is 0.177 e. The van der Waals surface area contributed by atoms with Crippen LogP contribution in [0.1, 0.15) is 27.9 Å². The fourth-order valence-electron chi connectivity index (χ4n) is 2.35. The van der Waals surface area contributed by atoms with Gasteiger partial charge in [-0.3, -0.25) is 4.79 Å². The lowest BCUT2D eigenvalue weighted by Crippen LogP contribution is -2.24. The summed E-state index contributed by atoms with van der Waals surface area (Å²) in [6.45, 7) is 2.60. The molecule has 0 fully saturated rings. The van der Waals surface area contributed by atoms with Crippen LogP contribution < -0.4 is 5.32 Å². The second-order valence-electron chi connectivity index (χ2n) is 5.29. The van der Waals surface area contributed by atoms with Gasteiger partial charge in [0.25, 0.3) is 0 Å². The number of rotatable bonds is 7. The van der Waals surface area contributed by atoms with E-state index in [-0.39, 0.29) is 40.8 Å². The summed E-state index contributed by atoms with van der Waals surface area (Å²) in [6, 6.07) is 13.1. The van der Waals surface area contributed by atoms with Crippen LogP contribution in [0.2, 0.25) is 0 Å². The van der Waals surface area contributed by atoms with Crippen molar-refractivity contribution >= 4 is 22.8 Å². The SMILES string of the molecule is Br.Cc1c(C(=O)CNCCCc2ccccc2)ccc(O)c1O. The number of halogens is 1. The van der Waals surface area contributed by atoms with Crippen molar-refractivity contribution in [3.05, 3.63) is 59.2 Å². The Morgan fingerprint density at radius 3 is 2.48 bits per heavy atom. The van der Waals surface area contributed by atoms with Gasteiger partial charge in [0.2, 0.25) is 0 Å². The minimum absolute atomic E-state index is 0. The molecule has 0 atom stereocenters. The minimum atomic E-state index is -0.227. The predicted octanol–water partition coefficient (Wildman–Crippen LogP) is 3.39. The highest BCUT2D eigenvalue weighted by Crippen LogP contribution is 2.30. The maximum Gasteiger partial charge on any atom is 0.177 e. The van der Waals surface area contributed by atoms with Gasteiger partial charge in [-0.15, -0.1) is 17.0 Å². The van der Waals surface area contributed by atoms with Gasteiger partial charge in [-0.05, 0) is 44.0 Å². The lowest BCUT2D eigenvalue weighted by Gasteiger charge is -2.09. The van der Waals surface area contributed by atoms with E-state index in [9.17, 15) is 15.0 Å². The normalized spacial score (nSPS) is 10.1. The zero-order valence-electron chi connectivity index (χ0n) is 13.1. The summed E-state index contributed by atoms with van der Waals surface area (Å²) in [5.74, 6) is -0.521. The van der Waals surface area contributed by atoms with E-state index in [1.807, 2.05) is 18.2 Å². The Kier molecular flexibility index (Phi) is 7.78. The van der Waals surface area contributed by atoms with Gasteiger partial charge in [-0.2, -0.15) is 0 Å². The van der Waals surface area contributed by atoms with E-state index in [0.717, 1.165) is 19.4 Å². The molecule has 0 aliphatic carbocycles. The number of phenolic OH excluding ortho intramolecular Hbond substituents is 2. The standard InChI is InChI=1S/C18H21NO3.BrH/c1-13-15(9-10-16(20)18(13)22)17(21)12-19-11-5-8-14-6-3-2-4-7-14;/h2-4,6-7,9-10,19-20,22H,5,8,11-12H2,1H3;1H. The van der Waals surface area contributed by atoms with Gasteiger partial charge >= 0.3 is 0 Å². The Balaban J connectivity index is 0.00000264. The summed E-state index contributed by atoms with van der Waals surface area (Å²) < 4.78 is 0. The molecule has 2 aromatic rings. The number of carbonyl (C=O) groups is 1. The fraction of sp³-hybridized carbons (Fsp3) is 0.278. The number of aromatic hydroxyl groups is 2. The third-order valence-corrected chi connectivity index (χ3v) is 3.66. The maximum atomic E-state index is 12.1. The Morgan fingerprint density at radius 2 is 1.78 bits per heavy atom. The summed E-state index contributed by atoms with van der Waals surface area (Å²) >= 11 is 0. The second-order valence-corrected chi connectivity index (χ2v) is 5.29. The highest BCUT2D eigenvalue weighted by molar-refractivity contribution is 8.93. The van der Waals surface area contributed by atoms with E-state index >= 15 is 0 Å². The molecular weight excluding hydrogens is 358 g/mol. The average Bonchev–Trinajstić information content (AvgIpc) is 2.53. The predicted molar refractivity (Wildman–Crippen MR) is 96.8 cm³/mol. The topological polar surface area (TPSA) is 69.6 Å². The highest BCUT2D eigenvalue weighted by Gasteiger charge is 2.13. The number of Topliss-reactive ketones (excluding diaryl/α,β-unsaturated/α-hetero) is 1. The zero-order valence-corrected chi connectivity index (χ0v) is 14.8. The fourth-order valence-corrected chi connectivity index (χ4v) is 2.35. The number of ketones is 1. The van der Waals surface area contributed by atoms with Crippen LogP contribution >= 0.6 is 17.0 Å². The van der Waals surface area contributed by atoms with Crippen molar-refractivity contribution in [2.75, 3.05) is 13.1 Å². The highest BCUT2D eigenvalue weighted by atomic mass is 79.9. The molecule has 0 unspecified atom stereocenters. The van der Waals surface area contributed by atoms with Crippen LogP contribution in [0, 0.1) is 6.92 Å². The Labute approximate surface area is 146 Å². The Hall–Kier alpha value is -1.85. The van der Waals surface area contributed by atoms with Crippen molar-refractivity contribution in [3.8, 4) is 11.5 Å². The Morgan fingerprint density at radius 1 is 1.09 bits per heavy atom. The molecule has 0 bridgehead atoms. The number of aryl methyl sites for hydroxylation is 1. The number of carbonyl (C=O) groups excluding carboxylic acids is 1. The molecule has 0 saturated heterocycles. The summed E-state index contributed by atoms with van der Waals surface area (Å²) in [4.78, 5) is 12.1. The molecule has 4 nitrogen and oxygen atoms in total. The van der Waals surface area contributed by atoms with Crippen molar-refractivity contribution in [2.45, 2.75) is 19.8 Å². The quantitative estimate of drug-likeness (QED) is 0.391. The lowest BCUT2D eigenvalue weighted by atomic mass is 10.0. The van der Waals surface area contributed by atoms with E-state index < -0.39 is 0 Å². The number of hydrogen-bond donors (Lipinski definition) is 3. The lowest BCUT2D eigenvalue weighted by molar-refractivity contribution is 0.0990. The van der Waals surface area contributed by atoms with Crippen LogP contribution in [-0.2, 0) is 6.42 Å². The molecule has 0 aromatic heterocycles. The van der Waals surface area contributed by atoms with Crippen molar-refractivity contribution in [1.82, 2.24) is 5.32 Å². The van der Waals surface area contributed by atoms with E-state index in [1.165, 1.54) is 11.6 Å². The number of phenols is 2. The molecule has 2 aromatic carbocycles. The molecule has 3 N–H and O–H groups in total. The third-order valence-electron chi connectivity index (χ3n) is 3.66. The number of nitrogens with one attached hydrogen (secondary N) is 1. The van der Waals surface area contributed by atoms with Crippen LogP contribution in [0.25, 0.3) is 0 Å². The average molecular weight is 380 g/mol. The van der Waals surface area contributed by atoms with Gasteiger partial charge < -0.3 is 15.5 Å². The molecule has 23 heavy (non-hydrogen) atoms. The van der Waals surface area contributed by atoms with Crippen molar-refractivity contribution in [2.24, 2.45) is 0 Å². The van der Waals surface area contributed by atoms with Gasteiger partial charge in [0.05, 0.1) is 6.54 Å². The molecule has 124 valence electrons. The Bertz CT molecular complexity index is 644. The van der Waals surface area contributed by atoms with Crippen LogP contribution in [0.3, 0.4) is 0 Å². The summed E-state index contributed by atoms with van der Waals surface area (Å²) in [7, 11) is 0. The van der Waals surface area contributed by atoms with Crippen molar-refractivity contribution < 1.29 is 15.0 Å². The molecule has 0 saturated carbocycles. The van der Waals surface area contributed by atoms with Gasteiger partial charge in [0.1, 0.15) is 0 Å².